The van der Waals surface area contributed by atoms with Gasteiger partial charge in [-0.2, -0.15) is 4.31 Å². The molecule has 0 unspecified atom stereocenters. The molecule has 1 saturated heterocycles. The molecule has 1 aliphatic heterocycles. The number of hydrogen-bond acceptors (Lipinski definition) is 4. The summed E-state index contributed by atoms with van der Waals surface area (Å²) in [5, 5.41) is 0. The number of halogens is 1. The first kappa shape index (κ1) is 19.8. The molecular weight excluding hydrogens is 367 g/mol. The fraction of sp³-hybridized carbons (Fsp3) is 0.400. The Labute approximate surface area is 160 Å². The van der Waals surface area contributed by atoms with E-state index in [1.165, 1.54) is 28.6 Å². The van der Waals surface area contributed by atoms with Crippen molar-refractivity contribution in [2.24, 2.45) is 0 Å². The van der Waals surface area contributed by atoms with Gasteiger partial charge >= 0.3 is 0 Å². The van der Waals surface area contributed by atoms with Crippen molar-refractivity contribution in [2.45, 2.75) is 31.4 Å². The lowest BCUT2D eigenvalue weighted by molar-refractivity contribution is 0.176. The summed E-state index contributed by atoms with van der Waals surface area (Å²) in [5.74, 6) is 0.426. The molecule has 1 aliphatic rings. The fourth-order valence-electron chi connectivity index (χ4n) is 3.13. The van der Waals surface area contributed by atoms with Crippen molar-refractivity contribution in [3.63, 3.8) is 0 Å². The van der Waals surface area contributed by atoms with Gasteiger partial charge < -0.3 is 4.74 Å². The summed E-state index contributed by atoms with van der Waals surface area (Å²) >= 11 is 0. The van der Waals surface area contributed by atoms with E-state index in [-0.39, 0.29) is 11.0 Å². The number of benzene rings is 2. The molecule has 2 aromatic rings. The van der Waals surface area contributed by atoms with Crippen molar-refractivity contribution in [1.29, 1.82) is 0 Å². The Morgan fingerprint density at radius 3 is 2.26 bits per heavy atom. The van der Waals surface area contributed by atoms with Crippen LogP contribution in [0, 0.1) is 5.82 Å². The third kappa shape index (κ3) is 4.86. The lowest BCUT2D eigenvalue weighted by atomic mass is 10.1. The highest BCUT2D eigenvalue weighted by Gasteiger charge is 2.28. The van der Waals surface area contributed by atoms with Gasteiger partial charge in [0, 0.05) is 38.3 Å². The van der Waals surface area contributed by atoms with Crippen LogP contribution in [0.1, 0.15) is 19.4 Å². The third-order valence-electron chi connectivity index (χ3n) is 4.51. The van der Waals surface area contributed by atoms with Crippen LogP contribution in [-0.2, 0) is 16.6 Å². The van der Waals surface area contributed by atoms with Crippen LogP contribution in [0.3, 0.4) is 0 Å². The Kier molecular flexibility index (Phi) is 6.14. The summed E-state index contributed by atoms with van der Waals surface area (Å²) in [6, 6.07) is 12.9. The van der Waals surface area contributed by atoms with E-state index in [9.17, 15) is 12.8 Å². The van der Waals surface area contributed by atoms with E-state index in [2.05, 4.69) is 4.90 Å². The van der Waals surface area contributed by atoms with E-state index >= 15 is 0 Å². The van der Waals surface area contributed by atoms with E-state index in [1.807, 2.05) is 38.1 Å². The molecule has 0 bridgehead atoms. The van der Waals surface area contributed by atoms with Crippen LogP contribution in [-0.4, -0.2) is 49.9 Å². The maximum absolute atomic E-state index is 13.1. The van der Waals surface area contributed by atoms with Crippen LogP contribution in [0.15, 0.2) is 53.4 Å². The number of sulfonamides is 1. The maximum Gasteiger partial charge on any atom is 0.243 e. The van der Waals surface area contributed by atoms with Gasteiger partial charge in [-0.15, -0.1) is 0 Å². The normalized spacial score (nSPS) is 16.6. The average Bonchev–Trinajstić information content (AvgIpc) is 2.64. The standard InChI is InChI=1S/C20H25FN2O3S/c1-16(2)26-20-6-4-3-5-17(20)15-22-11-13-23(14-12-22)27(24,25)19-9-7-18(21)8-10-19/h3-10,16H,11-15H2,1-2H3. The molecule has 0 N–H and O–H groups in total. The first-order valence-electron chi connectivity index (χ1n) is 9.09. The van der Waals surface area contributed by atoms with Gasteiger partial charge in [-0.05, 0) is 44.2 Å². The van der Waals surface area contributed by atoms with E-state index in [0.29, 0.717) is 32.7 Å². The zero-order valence-electron chi connectivity index (χ0n) is 15.6. The van der Waals surface area contributed by atoms with Crippen molar-refractivity contribution in [1.82, 2.24) is 9.21 Å². The second-order valence-electron chi connectivity index (χ2n) is 6.91. The zero-order chi connectivity index (χ0) is 19.4. The predicted octanol–water partition coefficient (Wildman–Crippen LogP) is 3.12. The molecule has 3 rings (SSSR count). The van der Waals surface area contributed by atoms with Gasteiger partial charge in [-0.25, -0.2) is 12.8 Å². The van der Waals surface area contributed by atoms with Crippen LogP contribution in [0.5, 0.6) is 5.75 Å². The van der Waals surface area contributed by atoms with Crippen LogP contribution < -0.4 is 4.74 Å². The van der Waals surface area contributed by atoms with Gasteiger partial charge in [-0.3, -0.25) is 4.90 Å². The quantitative estimate of drug-likeness (QED) is 0.758. The summed E-state index contributed by atoms with van der Waals surface area (Å²) < 4.78 is 45.8. The minimum Gasteiger partial charge on any atom is -0.491 e. The minimum absolute atomic E-state index is 0.101. The van der Waals surface area contributed by atoms with Crippen molar-refractivity contribution < 1.29 is 17.5 Å². The Morgan fingerprint density at radius 2 is 1.63 bits per heavy atom. The molecule has 1 heterocycles. The largest absolute Gasteiger partial charge is 0.491 e. The van der Waals surface area contributed by atoms with E-state index in [0.717, 1.165) is 11.3 Å². The average molecular weight is 392 g/mol. The van der Waals surface area contributed by atoms with Crippen molar-refractivity contribution in [2.75, 3.05) is 26.2 Å². The van der Waals surface area contributed by atoms with Crippen molar-refractivity contribution >= 4 is 10.0 Å². The molecule has 1 fully saturated rings. The van der Waals surface area contributed by atoms with Gasteiger partial charge in [0.05, 0.1) is 11.0 Å². The smallest absolute Gasteiger partial charge is 0.243 e. The summed E-state index contributed by atoms with van der Waals surface area (Å²) in [7, 11) is -3.58. The van der Waals surface area contributed by atoms with Gasteiger partial charge in [0.25, 0.3) is 0 Å². The molecule has 0 spiro atoms. The highest BCUT2D eigenvalue weighted by Crippen LogP contribution is 2.23. The zero-order valence-corrected chi connectivity index (χ0v) is 16.5. The van der Waals surface area contributed by atoms with Gasteiger partial charge in [-0.1, -0.05) is 18.2 Å². The molecular formula is C20H25FN2O3S. The fourth-order valence-corrected chi connectivity index (χ4v) is 4.55. The molecule has 7 heteroatoms. The number of piperazine rings is 1. The second kappa shape index (κ2) is 8.37. The number of hydrogen-bond donors (Lipinski definition) is 0. The van der Waals surface area contributed by atoms with Crippen LogP contribution in [0.25, 0.3) is 0 Å². The molecule has 146 valence electrons. The molecule has 0 amide bonds. The minimum atomic E-state index is -3.58. The lowest BCUT2D eigenvalue weighted by Gasteiger charge is -2.34. The highest BCUT2D eigenvalue weighted by atomic mass is 32.2. The van der Waals surface area contributed by atoms with E-state index in [4.69, 9.17) is 4.74 Å². The molecule has 0 aromatic heterocycles. The van der Waals surface area contributed by atoms with Gasteiger partial charge in [0.2, 0.25) is 10.0 Å². The van der Waals surface area contributed by atoms with Crippen LogP contribution in [0.2, 0.25) is 0 Å². The Hall–Kier alpha value is -1.96. The second-order valence-corrected chi connectivity index (χ2v) is 8.85. The predicted molar refractivity (Wildman–Crippen MR) is 103 cm³/mol. The summed E-state index contributed by atoms with van der Waals surface area (Å²) in [5.41, 5.74) is 1.10. The Balaban J connectivity index is 1.63. The van der Waals surface area contributed by atoms with E-state index < -0.39 is 15.8 Å². The Morgan fingerprint density at radius 1 is 1.00 bits per heavy atom. The molecule has 0 atom stereocenters. The molecule has 2 aromatic carbocycles. The van der Waals surface area contributed by atoms with Crippen LogP contribution in [0.4, 0.5) is 4.39 Å². The molecule has 0 saturated carbocycles. The summed E-state index contributed by atoms with van der Waals surface area (Å²) in [6.45, 7) is 6.80. The van der Waals surface area contributed by atoms with Crippen molar-refractivity contribution in [3.8, 4) is 5.75 Å². The summed E-state index contributed by atoms with van der Waals surface area (Å²) in [6.07, 6.45) is 0.101. The van der Waals surface area contributed by atoms with Crippen LogP contribution >= 0.6 is 0 Å². The SMILES string of the molecule is CC(C)Oc1ccccc1CN1CCN(S(=O)(=O)c2ccc(F)cc2)CC1. The molecule has 27 heavy (non-hydrogen) atoms. The first-order chi connectivity index (χ1) is 12.9. The molecule has 5 nitrogen and oxygen atoms in total. The lowest BCUT2D eigenvalue weighted by Crippen LogP contribution is -2.48. The number of rotatable bonds is 6. The molecule has 0 radical (unpaired) electrons. The highest BCUT2D eigenvalue weighted by molar-refractivity contribution is 7.89. The number of nitrogens with zero attached hydrogens (tertiary/aromatic N) is 2. The monoisotopic (exact) mass is 392 g/mol. The van der Waals surface area contributed by atoms with Crippen molar-refractivity contribution in [3.05, 3.63) is 59.9 Å². The summed E-state index contributed by atoms with van der Waals surface area (Å²) in [4.78, 5) is 2.35. The maximum atomic E-state index is 13.1. The first-order valence-corrected chi connectivity index (χ1v) is 10.5. The van der Waals surface area contributed by atoms with Gasteiger partial charge in [0.1, 0.15) is 11.6 Å². The third-order valence-corrected chi connectivity index (χ3v) is 6.42. The van der Waals surface area contributed by atoms with E-state index in [1.54, 1.807) is 0 Å². The Bertz CT molecular complexity index is 861. The topological polar surface area (TPSA) is 49.9 Å². The van der Waals surface area contributed by atoms with Gasteiger partial charge in [0.15, 0.2) is 0 Å². The number of para-hydroxylation sites is 1. The number of ether oxygens (including phenoxy) is 1. The molecule has 0 aliphatic carbocycles.